The molecule has 0 aliphatic carbocycles. The number of fused-ring (bicyclic) bond motifs is 4. The molecule has 2 aliphatic rings. The molecule has 1 saturated heterocycles. The van der Waals surface area contributed by atoms with Crippen LogP contribution in [0.1, 0.15) is 29.2 Å². The molecule has 4 heteroatoms. The van der Waals surface area contributed by atoms with Crippen LogP contribution < -0.4 is 10.9 Å². The highest BCUT2D eigenvalue weighted by Gasteiger charge is 2.31. The highest BCUT2D eigenvalue weighted by Crippen LogP contribution is 2.32. The highest BCUT2D eigenvalue weighted by molar-refractivity contribution is 5.51. The minimum absolute atomic E-state index is 0.00292. The first-order valence-corrected chi connectivity index (χ1v) is 6.45. The molecule has 2 bridgehead atoms. The van der Waals surface area contributed by atoms with E-state index in [9.17, 15) is 9.90 Å². The van der Waals surface area contributed by atoms with Gasteiger partial charge in [-0.05, 0) is 30.5 Å². The van der Waals surface area contributed by atoms with Crippen molar-refractivity contribution in [1.29, 1.82) is 0 Å². The van der Waals surface area contributed by atoms with Gasteiger partial charge in [0.1, 0.15) is 0 Å². The molecule has 18 heavy (non-hydrogen) atoms. The maximum atomic E-state index is 12.4. The topological polar surface area (TPSA) is 54.3 Å². The zero-order valence-corrected chi connectivity index (χ0v) is 10.4. The molecule has 3 heterocycles. The largest absolute Gasteiger partial charge is 0.392 e. The summed E-state index contributed by atoms with van der Waals surface area (Å²) >= 11 is 0. The Morgan fingerprint density at radius 2 is 2.39 bits per heavy atom. The van der Waals surface area contributed by atoms with Crippen LogP contribution in [-0.2, 0) is 13.2 Å². The molecular weight excluding hydrogens is 228 g/mol. The van der Waals surface area contributed by atoms with E-state index in [2.05, 4.69) is 11.9 Å². The monoisotopic (exact) mass is 246 g/mol. The summed E-state index contributed by atoms with van der Waals surface area (Å²) in [5, 5.41) is 12.8. The van der Waals surface area contributed by atoms with Gasteiger partial charge in [0, 0.05) is 30.3 Å². The van der Waals surface area contributed by atoms with Crippen molar-refractivity contribution in [3.05, 3.63) is 39.8 Å². The fourth-order valence-corrected chi connectivity index (χ4v) is 3.26. The van der Waals surface area contributed by atoms with E-state index in [1.165, 1.54) is 0 Å². The number of hydrogen-bond donors (Lipinski definition) is 2. The molecule has 2 atom stereocenters. The van der Waals surface area contributed by atoms with Crippen molar-refractivity contribution in [2.24, 2.45) is 5.92 Å². The maximum Gasteiger partial charge on any atom is 0.258 e. The number of hydrogen-bond acceptors (Lipinski definition) is 3. The summed E-state index contributed by atoms with van der Waals surface area (Å²) in [6.45, 7) is 6.28. The van der Waals surface area contributed by atoms with Crippen molar-refractivity contribution in [3.8, 4) is 0 Å². The first-order valence-electron chi connectivity index (χ1n) is 6.45. The molecule has 2 unspecified atom stereocenters. The molecule has 0 radical (unpaired) electrons. The summed E-state index contributed by atoms with van der Waals surface area (Å²) in [5.74, 6) is 0.945. The minimum atomic E-state index is -0.103. The van der Waals surface area contributed by atoms with Crippen molar-refractivity contribution in [2.45, 2.75) is 25.5 Å². The van der Waals surface area contributed by atoms with Gasteiger partial charge in [-0.1, -0.05) is 12.7 Å². The third-order valence-electron chi connectivity index (χ3n) is 4.13. The van der Waals surface area contributed by atoms with E-state index in [1.807, 2.05) is 10.6 Å². The van der Waals surface area contributed by atoms with Crippen LogP contribution in [0.2, 0.25) is 0 Å². The lowest BCUT2D eigenvalue weighted by molar-refractivity contribution is 0.253. The van der Waals surface area contributed by atoms with Crippen LogP contribution in [0.4, 0.5) is 0 Å². The second-order valence-electron chi connectivity index (χ2n) is 5.24. The average molecular weight is 246 g/mol. The predicted octanol–water partition coefficient (Wildman–Crippen LogP) is 0.690. The van der Waals surface area contributed by atoms with Gasteiger partial charge in [0.05, 0.1) is 6.61 Å². The number of pyridine rings is 1. The highest BCUT2D eigenvalue weighted by atomic mass is 16.3. The van der Waals surface area contributed by atoms with E-state index in [0.29, 0.717) is 23.0 Å². The van der Waals surface area contributed by atoms with E-state index in [4.69, 9.17) is 0 Å². The first kappa shape index (κ1) is 11.7. The molecule has 0 amide bonds. The SMILES string of the molecule is C=Cc1c(CO)cc2n(c1=O)CC1CNCC2C1. The molecule has 0 spiro atoms. The summed E-state index contributed by atoms with van der Waals surface area (Å²) in [6.07, 6.45) is 2.70. The van der Waals surface area contributed by atoms with E-state index >= 15 is 0 Å². The molecule has 1 aromatic heterocycles. The van der Waals surface area contributed by atoms with Gasteiger partial charge in [-0.3, -0.25) is 4.79 Å². The zero-order chi connectivity index (χ0) is 12.7. The summed E-state index contributed by atoms with van der Waals surface area (Å²) in [4.78, 5) is 12.4. The Morgan fingerprint density at radius 3 is 3.11 bits per heavy atom. The lowest BCUT2D eigenvalue weighted by Gasteiger charge is -2.38. The standard InChI is InChI=1S/C14H18N2O2/c1-2-12-11(8-17)4-13-10-3-9(5-15-6-10)7-16(13)14(12)18/h2,4,9-10,15,17H,1,3,5-8H2. The number of piperidine rings is 1. The fraction of sp³-hybridized carbons (Fsp3) is 0.500. The van der Waals surface area contributed by atoms with Crippen LogP contribution in [0.15, 0.2) is 17.4 Å². The summed E-state index contributed by atoms with van der Waals surface area (Å²) < 4.78 is 1.88. The van der Waals surface area contributed by atoms with E-state index in [1.54, 1.807) is 6.08 Å². The Kier molecular flexibility index (Phi) is 2.84. The van der Waals surface area contributed by atoms with Gasteiger partial charge >= 0.3 is 0 Å². The molecule has 0 saturated carbocycles. The summed E-state index contributed by atoms with van der Waals surface area (Å²) in [6, 6.07) is 1.98. The molecular formula is C14H18N2O2. The number of rotatable bonds is 2. The normalized spacial score (nSPS) is 25.6. The quantitative estimate of drug-likeness (QED) is 0.807. The van der Waals surface area contributed by atoms with Gasteiger partial charge in [0.15, 0.2) is 0 Å². The minimum Gasteiger partial charge on any atom is -0.392 e. The average Bonchev–Trinajstić information content (AvgIpc) is 2.40. The molecule has 3 rings (SSSR count). The van der Waals surface area contributed by atoms with Crippen molar-refractivity contribution in [1.82, 2.24) is 9.88 Å². The van der Waals surface area contributed by atoms with Crippen LogP contribution in [0.5, 0.6) is 0 Å². The smallest absolute Gasteiger partial charge is 0.258 e. The van der Waals surface area contributed by atoms with Crippen molar-refractivity contribution in [3.63, 3.8) is 0 Å². The Morgan fingerprint density at radius 1 is 1.56 bits per heavy atom. The van der Waals surface area contributed by atoms with E-state index < -0.39 is 0 Å². The van der Waals surface area contributed by atoms with Crippen molar-refractivity contribution < 1.29 is 5.11 Å². The summed E-state index contributed by atoms with van der Waals surface area (Å²) in [5.41, 5.74) is 2.32. The van der Waals surface area contributed by atoms with E-state index in [0.717, 1.165) is 31.7 Å². The second-order valence-corrected chi connectivity index (χ2v) is 5.24. The Hall–Kier alpha value is -1.39. The second kappa shape index (κ2) is 4.37. The molecule has 2 N–H and O–H groups in total. The number of aromatic nitrogens is 1. The Bertz CT molecular complexity index is 547. The number of nitrogens with one attached hydrogen (secondary N) is 1. The number of aliphatic hydroxyl groups is 1. The molecule has 1 aromatic rings. The Labute approximate surface area is 106 Å². The molecule has 96 valence electrons. The van der Waals surface area contributed by atoms with Gasteiger partial charge in [0.2, 0.25) is 0 Å². The molecule has 1 fully saturated rings. The van der Waals surface area contributed by atoms with Crippen LogP contribution >= 0.6 is 0 Å². The maximum absolute atomic E-state index is 12.4. The van der Waals surface area contributed by atoms with Gasteiger partial charge in [-0.15, -0.1) is 0 Å². The first-order chi connectivity index (χ1) is 8.74. The third kappa shape index (κ3) is 1.64. The number of aliphatic hydroxyl groups excluding tert-OH is 1. The van der Waals surface area contributed by atoms with Crippen molar-refractivity contribution in [2.75, 3.05) is 13.1 Å². The zero-order valence-electron chi connectivity index (χ0n) is 10.4. The third-order valence-corrected chi connectivity index (χ3v) is 4.13. The molecule has 2 aliphatic heterocycles. The van der Waals surface area contributed by atoms with E-state index in [-0.39, 0.29) is 12.2 Å². The van der Waals surface area contributed by atoms with Gasteiger partial charge in [-0.2, -0.15) is 0 Å². The van der Waals surface area contributed by atoms with Crippen LogP contribution in [0.3, 0.4) is 0 Å². The molecule has 4 nitrogen and oxygen atoms in total. The van der Waals surface area contributed by atoms with Crippen molar-refractivity contribution >= 4 is 6.08 Å². The van der Waals surface area contributed by atoms with Gasteiger partial charge in [-0.25, -0.2) is 0 Å². The molecule has 0 aromatic carbocycles. The number of nitrogens with zero attached hydrogens (tertiary/aromatic N) is 1. The van der Waals surface area contributed by atoms with Crippen LogP contribution in [0, 0.1) is 5.92 Å². The lowest BCUT2D eigenvalue weighted by Crippen LogP contribution is -2.45. The van der Waals surface area contributed by atoms with Crippen LogP contribution in [-0.4, -0.2) is 22.8 Å². The lowest BCUT2D eigenvalue weighted by atomic mass is 9.83. The Balaban J connectivity index is 2.21. The van der Waals surface area contributed by atoms with Crippen LogP contribution in [0.25, 0.3) is 6.08 Å². The van der Waals surface area contributed by atoms with Gasteiger partial charge < -0.3 is 15.0 Å². The fourth-order valence-electron chi connectivity index (χ4n) is 3.26. The predicted molar refractivity (Wildman–Crippen MR) is 70.4 cm³/mol. The van der Waals surface area contributed by atoms with Gasteiger partial charge in [0.25, 0.3) is 5.56 Å². The summed E-state index contributed by atoms with van der Waals surface area (Å²) in [7, 11) is 0.